The van der Waals surface area contributed by atoms with Crippen LogP contribution in [0.4, 0.5) is 5.69 Å². The minimum absolute atomic E-state index is 0.593. The SMILES string of the molecule is O=C=Nc1ccc(-c2cccc3c2oc2ccccc23)cc1. The van der Waals surface area contributed by atoms with Gasteiger partial charge in [-0.15, -0.1) is 0 Å². The molecule has 1 heterocycles. The Morgan fingerprint density at radius 3 is 2.41 bits per heavy atom. The first-order valence-electron chi connectivity index (χ1n) is 6.95. The molecule has 0 saturated carbocycles. The predicted molar refractivity (Wildman–Crippen MR) is 86.9 cm³/mol. The average molecular weight is 285 g/mol. The van der Waals surface area contributed by atoms with Gasteiger partial charge < -0.3 is 4.42 Å². The van der Waals surface area contributed by atoms with E-state index in [0.29, 0.717) is 5.69 Å². The monoisotopic (exact) mass is 285 g/mol. The van der Waals surface area contributed by atoms with Gasteiger partial charge in [-0.05, 0) is 23.8 Å². The normalized spacial score (nSPS) is 10.7. The van der Waals surface area contributed by atoms with Gasteiger partial charge in [-0.3, -0.25) is 0 Å². The van der Waals surface area contributed by atoms with Crippen molar-refractivity contribution in [2.75, 3.05) is 0 Å². The molecule has 0 aliphatic heterocycles. The highest BCUT2D eigenvalue weighted by atomic mass is 16.3. The highest BCUT2D eigenvalue weighted by molar-refractivity contribution is 6.09. The second kappa shape index (κ2) is 4.99. The molecule has 0 amide bonds. The number of hydrogen-bond donors (Lipinski definition) is 0. The average Bonchev–Trinajstić information content (AvgIpc) is 2.95. The fourth-order valence-corrected chi connectivity index (χ4v) is 2.74. The summed E-state index contributed by atoms with van der Waals surface area (Å²) in [6, 6.07) is 21.6. The van der Waals surface area contributed by atoms with Crippen LogP contribution < -0.4 is 0 Å². The Bertz CT molecular complexity index is 1020. The smallest absolute Gasteiger partial charge is 0.240 e. The van der Waals surface area contributed by atoms with E-state index in [4.69, 9.17) is 4.42 Å². The third kappa shape index (κ3) is 1.93. The number of fused-ring (bicyclic) bond motifs is 3. The molecule has 0 saturated heterocycles. The van der Waals surface area contributed by atoms with Crippen molar-refractivity contribution in [3.63, 3.8) is 0 Å². The first kappa shape index (κ1) is 12.6. The van der Waals surface area contributed by atoms with Crippen molar-refractivity contribution in [2.24, 2.45) is 4.99 Å². The van der Waals surface area contributed by atoms with Gasteiger partial charge in [0.15, 0.2) is 0 Å². The summed E-state index contributed by atoms with van der Waals surface area (Å²) in [5.74, 6) is 0. The van der Waals surface area contributed by atoms with Gasteiger partial charge in [0.1, 0.15) is 11.2 Å². The Kier molecular flexibility index (Phi) is 2.85. The molecule has 3 heteroatoms. The van der Waals surface area contributed by atoms with Gasteiger partial charge in [0.05, 0.1) is 5.69 Å². The van der Waals surface area contributed by atoms with Crippen LogP contribution in [0.2, 0.25) is 0 Å². The summed E-state index contributed by atoms with van der Waals surface area (Å²) in [6.45, 7) is 0. The lowest BCUT2D eigenvalue weighted by Crippen LogP contribution is -1.78. The van der Waals surface area contributed by atoms with Gasteiger partial charge in [0, 0.05) is 16.3 Å². The maximum atomic E-state index is 10.3. The zero-order chi connectivity index (χ0) is 14.9. The van der Waals surface area contributed by atoms with Gasteiger partial charge >= 0.3 is 0 Å². The van der Waals surface area contributed by atoms with E-state index in [1.807, 2.05) is 42.5 Å². The van der Waals surface area contributed by atoms with Crippen LogP contribution in [0.3, 0.4) is 0 Å². The molecule has 3 nitrogen and oxygen atoms in total. The molecule has 0 bridgehead atoms. The summed E-state index contributed by atoms with van der Waals surface area (Å²) in [5.41, 5.74) is 4.39. The number of furan rings is 1. The van der Waals surface area contributed by atoms with Crippen molar-refractivity contribution in [3.05, 3.63) is 66.7 Å². The molecule has 0 N–H and O–H groups in total. The molecule has 4 aromatic rings. The molecule has 0 spiro atoms. The van der Waals surface area contributed by atoms with Gasteiger partial charge in [-0.2, -0.15) is 4.99 Å². The highest BCUT2D eigenvalue weighted by Gasteiger charge is 2.11. The van der Waals surface area contributed by atoms with E-state index in [1.165, 1.54) is 0 Å². The molecule has 22 heavy (non-hydrogen) atoms. The molecule has 0 aliphatic rings. The summed E-state index contributed by atoms with van der Waals surface area (Å²) in [5, 5.41) is 2.21. The van der Waals surface area contributed by atoms with Crippen LogP contribution in [-0.2, 0) is 4.79 Å². The largest absolute Gasteiger partial charge is 0.455 e. The number of para-hydroxylation sites is 2. The molecule has 0 atom stereocenters. The molecular weight excluding hydrogens is 274 g/mol. The molecule has 0 unspecified atom stereocenters. The van der Waals surface area contributed by atoms with Crippen molar-refractivity contribution in [3.8, 4) is 11.1 Å². The molecule has 104 valence electrons. The fourth-order valence-electron chi connectivity index (χ4n) is 2.74. The van der Waals surface area contributed by atoms with E-state index in [0.717, 1.165) is 33.1 Å². The molecular formula is C19H11NO2. The highest BCUT2D eigenvalue weighted by Crippen LogP contribution is 2.35. The van der Waals surface area contributed by atoms with Crippen molar-refractivity contribution in [1.82, 2.24) is 0 Å². The van der Waals surface area contributed by atoms with E-state index in [1.54, 1.807) is 18.2 Å². The van der Waals surface area contributed by atoms with Crippen LogP contribution in [0.5, 0.6) is 0 Å². The van der Waals surface area contributed by atoms with E-state index >= 15 is 0 Å². The second-order valence-electron chi connectivity index (χ2n) is 5.03. The third-order valence-electron chi connectivity index (χ3n) is 3.76. The standard InChI is InChI=1S/C19H11NO2/c21-12-20-14-10-8-13(9-11-14)15-5-3-6-17-16-4-1-2-7-18(16)22-19(15)17/h1-11H. The number of rotatable bonds is 2. The number of aliphatic imine (C=N–C) groups is 1. The quantitative estimate of drug-likeness (QED) is 0.374. The first-order valence-corrected chi connectivity index (χ1v) is 6.95. The minimum Gasteiger partial charge on any atom is -0.455 e. The molecule has 0 radical (unpaired) electrons. The molecule has 1 aromatic heterocycles. The lowest BCUT2D eigenvalue weighted by Gasteiger charge is -2.02. The van der Waals surface area contributed by atoms with Gasteiger partial charge in [0.25, 0.3) is 0 Å². The lowest BCUT2D eigenvalue weighted by molar-refractivity contribution is 0.565. The Morgan fingerprint density at radius 1 is 0.818 bits per heavy atom. The van der Waals surface area contributed by atoms with Crippen LogP contribution in [0.15, 0.2) is 76.1 Å². The zero-order valence-electron chi connectivity index (χ0n) is 11.6. The van der Waals surface area contributed by atoms with Crippen molar-refractivity contribution < 1.29 is 9.21 Å². The number of benzene rings is 3. The number of nitrogens with zero attached hydrogens (tertiary/aromatic N) is 1. The summed E-state index contributed by atoms with van der Waals surface area (Å²) in [7, 11) is 0. The fraction of sp³-hybridized carbons (Fsp3) is 0. The predicted octanol–water partition coefficient (Wildman–Crippen LogP) is 5.22. The topological polar surface area (TPSA) is 42.6 Å². The van der Waals surface area contributed by atoms with E-state index in [9.17, 15) is 4.79 Å². The van der Waals surface area contributed by atoms with Crippen LogP contribution in [-0.4, -0.2) is 6.08 Å². The number of hydrogen-bond acceptors (Lipinski definition) is 3. The maximum absolute atomic E-state index is 10.3. The van der Waals surface area contributed by atoms with Crippen molar-refractivity contribution in [2.45, 2.75) is 0 Å². The summed E-state index contributed by atoms with van der Waals surface area (Å²) in [4.78, 5) is 13.9. The van der Waals surface area contributed by atoms with E-state index < -0.39 is 0 Å². The Balaban J connectivity index is 1.96. The van der Waals surface area contributed by atoms with E-state index in [-0.39, 0.29) is 0 Å². The summed E-state index contributed by atoms with van der Waals surface area (Å²) < 4.78 is 6.03. The summed E-state index contributed by atoms with van der Waals surface area (Å²) in [6.07, 6.45) is 1.55. The Labute approximate surface area is 126 Å². The van der Waals surface area contributed by atoms with Crippen molar-refractivity contribution in [1.29, 1.82) is 0 Å². The number of isocyanates is 1. The van der Waals surface area contributed by atoms with Gasteiger partial charge in [-0.25, -0.2) is 4.79 Å². The van der Waals surface area contributed by atoms with Gasteiger partial charge in [0.2, 0.25) is 6.08 Å². The molecule has 4 rings (SSSR count). The third-order valence-corrected chi connectivity index (χ3v) is 3.76. The molecule has 0 fully saturated rings. The van der Waals surface area contributed by atoms with E-state index in [2.05, 4.69) is 17.1 Å². The molecule has 0 aliphatic carbocycles. The van der Waals surface area contributed by atoms with Crippen molar-refractivity contribution >= 4 is 33.7 Å². The molecule has 3 aromatic carbocycles. The lowest BCUT2D eigenvalue weighted by atomic mass is 10.0. The van der Waals surface area contributed by atoms with Crippen LogP contribution in [0, 0.1) is 0 Å². The maximum Gasteiger partial charge on any atom is 0.240 e. The second-order valence-corrected chi connectivity index (χ2v) is 5.03. The van der Waals surface area contributed by atoms with Gasteiger partial charge in [-0.1, -0.05) is 48.5 Å². The Morgan fingerprint density at radius 2 is 1.59 bits per heavy atom. The summed E-state index contributed by atoms with van der Waals surface area (Å²) >= 11 is 0. The minimum atomic E-state index is 0.593. The Hall–Kier alpha value is -3.16. The van der Waals surface area contributed by atoms with Crippen LogP contribution in [0.25, 0.3) is 33.1 Å². The van der Waals surface area contributed by atoms with Crippen LogP contribution >= 0.6 is 0 Å². The number of carbonyl (C=O) groups excluding carboxylic acids is 1. The first-order chi connectivity index (χ1) is 10.9. The van der Waals surface area contributed by atoms with Crippen LogP contribution in [0.1, 0.15) is 0 Å². The zero-order valence-corrected chi connectivity index (χ0v) is 11.6.